The van der Waals surface area contributed by atoms with Gasteiger partial charge in [-0.2, -0.15) is 9.40 Å². The van der Waals surface area contributed by atoms with E-state index in [9.17, 15) is 8.42 Å². The van der Waals surface area contributed by atoms with Crippen LogP contribution in [0.25, 0.3) is 0 Å². The molecule has 2 aromatic heterocycles. The summed E-state index contributed by atoms with van der Waals surface area (Å²) in [5.74, 6) is 0.0200. The average molecular weight is 295 g/mol. The quantitative estimate of drug-likeness (QED) is 0.887. The molecule has 108 valence electrons. The molecule has 0 atom stereocenters. The van der Waals surface area contributed by atoms with E-state index < -0.39 is 10.0 Å². The van der Waals surface area contributed by atoms with E-state index in [4.69, 9.17) is 5.73 Å². The topological polar surface area (TPSA) is 94.1 Å². The van der Waals surface area contributed by atoms with Crippen LogP contribution >= 0.6 is 0 Å². The molecule has 2 rings (SSSR count). The fraction of sp³-hybridized carbons (Fsp3) is 0.333. The van der Waals surface area contributed by atoms with Crippen molar-refractivity contribution in [3.05, 3.63) is 35.8 Å². The van der Waals surface area contributed by atoms with E-state index >= 15 is 0 Å². The van der Waals surface area contributed by atoms with Gasteiger partial charge in [0, 0.05) is 33.0 Å². The van der Waals surface area contributed by atoms with Gasteiger partial charge in [-0.25, -0.2) is 8.42 Å². The number of sulfonamides is 1. The second-order valence-electron chi connectivity index (χ2n) is 4.54. The lowest BCUT2D eigenvalue weighted by Crippen LogP contribution is -2.27. The van der Waals surface area contributed by atoms with Crippen LogP contribution < -0.4 is 5.73 Å². The Kier molecular flexibility index (Phi) is 3.78. The first-order valence-electron chi connectivity index (χ1n) is 5.98. The number of hydrogen-bond donors (Lipinski definition) is 1. The van der Waals surface area contributed by atoms with Crippen molar-refractivity contribution < 1.29 is 8.42 Å². The average Bonchev–Trinajstić information content (AvgIpc) is 2.64. The van der Waals surface area contributed by atoms with Gasteiger partial charge in [-0.1, -0.05) is 0 Å². The van der Waals surface area contributed by atoms with Gasteiger partial charge in [0.05, 0.1) is 5.69 Å². The number of nitrogens with zero attached hydrogens (tertiary/aromatic N) is 4. The smallest absolute Gasteiger partial charge is 0.248 e. The molecule has 2 N–H and O–H groups in total. The van der Waals surface area contributed by atoms with Gasteiger partial charge in [-0.05, 0) is 24.6 Å². The third-order valence-electron chi connectivity index (χ3n) is 3.13. The number of rotatable bonds is 4. The molecule has 0 saturated carbocycles. The van der Waals surface area contributed by atoms with Gasteiger partial charge >= 0.3 is 0 Å². The van der Waals surface area contributed by atoms with Crippen molar-refractivity contribution >= 4 is 15.8 Å². The summed E-state index contributed by atoms with van der Waals surface area (Å²) in [5.41, 5.74) is 7.08. The molecule has 0 bridgehead atoms. The number of nitrogens with two attached hydrogens (primary N) is 1. The van der Waals surface area contributed by atoms with Crippen LogP contribution in [0.5, 0.6) is 0 Å². The van der Waals surface area contributed by atoms with Crippen molar-refractivity contribution in [2.45, 2.75) is 18.4 Å². The number of anilines is 1. The van der Waals surface area contributed by atoms with E-state index in [0.717, 1.165) is 5.56 Å². The van der Waals surface area contributed by atoms with Crippen molar-refractivity contribution in [3.63, 3.8) is 0 Å². The predicted molar refractivity (Wildman–Crippen MR) is 75.2 cm³/mol. The van der Waals surface area contributed by atoms with Crippen LogP contribution in [-0.2, 0) is 23.6 Å². The molecule has 0 aliphatic rings. The fourth-order valence-electron chi connectivity index (χ4n) is 1.92. The number of pyridine rings is 1. The first-order chi connectivity index (χ1) is 9.34. The molecular formula is C12H17N5O2S. The Morgan fingerprint density at radius 3 is 2.45 bits per heavy atom. The van der Waals surface area contributed by atoms with E-state index in [1.54, 1.807) is 38.5 Å². The highest BCUT2D eigenvalue weighted by Crippen LogP contribution is 2.25. The lowest BCUT2D eigenvalue weighted by atomic mass is 10.3. The first-order valence-corrected chi connectivity index (χ1v) is 7.42. The standard InChI is InChI=1S/C12H17N5O2S/c1-9-11(12(13)15-17(9)3)20(18,19)16(2)8-10-4-6-14-7-5-10/h4-7H,8H2,1-3H3,(H2,13,15). The predicted octanol–water partition coefficient (Wildman–Crippen LogP) is 0.526. The summed E-state index contributed by atoms with van der Waals surface area (Å²) in [4.78, 5) is 3.97. The Labute approximate surface area is 118 Å². The molecule has 2 aromatic rings. The summed E-state index contributed by atoms with van der Waals surface area (Å²) in [6.07, 6.45) is 3.25. The number of nitrogen functional groups attached to an aromatic ring is 1. The molecular weight excluding hydrogens is 278 g/mol. The minimum Gasteiger partial charge on any atom is -0.381 e. The number of hydrogen-bond acceptors (Lipinski definition) is 5. The highest BCUT2D eigenvalue weighted by atomic mass is 32.2. The zero-order valence-corrected chi connectivity index (χ0v) is 12.4. The van der Waals surface area contributed by atoms with Gasteiger partial charge in [0.25, 0.3) is 0 Å². The first kappa shape index (κ1) is 14.5. The normalized spacial score (nSPS) is 12.0. The van der Waals surface area contributed by atoms with Crippen LogP contribution in [0.1, 0.15) is 11.3 Å². The summed E-state index contributed by atoms with van der Waals surface area (Å²) in [6.45, 7) is 1.93. The Morgan fingerprint density at radius 2 is 1.95 bits per heavy atom. The van der Waals surface area contributed by atoms with E-state index in [0.29, 0.717) is 5.69 Å². The molecule has 0 amide bonds. The van der Waals surface area contributed by atoms with Crippen LogP contribution in [0.15, 0.2) is 29.4 Å². The largest absolute Gasteiger partial charge is 0.381 e. The van der Waals surface area contributed by atoms with E-state index in [1.807, 2.05) is 0 Å². The van der Waals surface area contributed by atoms with Crippen LogP contribution in [0, 0.1) is 6.92 Å². The summed E-state index contributed by atoms with van der Waals surface area (Å²) >= 11 is 0. The second kappa shape index (κ2) is 5.22. The van der Waals surface area contributed by atoms with Crippen molar-refractivity contribution in [1.29, 1.82) is 0 Å². The number of aryl methyl sites for hydroxylation is 1. The fourth-order valence-corrected chi connectivity index (χ4v) is 3.36. The highest BCUT2D eigenvalue weighted by Gasteiger charge is 2.28. The molecule has 0 fully saturated rings. The summed E-state index contributed by atoms with van der Waals surface area (Å²) in [5, 5.41) is 3.94. The third kappa shape index (κ3) is 2.52. The van der Waals surface area contributed by atoms with Gasteiger partial charge in [0.2, 0.25) is 10.0 Å². The molecule has 0 aliphatic heterocycles. The lowest BCUT2D eigenvalue weighted by molar-refractivity contribution is 0.466. The Morgan fingerprint density at radius 1 is 1.35 bits per heavy atom. The van der Waals surface area contributed by atoms with Crippen molar-refractivity contribution in [2.75, 3.05) is 12.8 Å². The lowest BCUT2D eigenvalue weighted by Gasteiger charge is -2.17. The second-order valence-corrected chi connectivity index (χ2v) is 6.52. The van der Waals surface area contributed by atoms with Gasteiger partial charge in [0.1, 0.15) is 4.90 Å². The molecule has 8 heteroatoms. The van der Waals surface area contributed by atoms with Crippen LogP contribution in [0.4, 0.5) is 5.82 Å². The molecule has 0 saturated heterocycles. The Balaban J connectivity index is 2.35. The van der Waals surface area contributed by atoms with Crippen LogP contribution in [-0.4, -0.2) is 34.5 Å². The maximum absolute atomic E-state index is 12.6. The Bertz CT molecular complexity index is 709. The molecule has 0 radical (unpaired) electrons. The monoisotopic (exact) mass is 295 g/mol. The zero-order chi connectivity index (χ0) is 14.9. The molecule has 0 aromatic carbocycles. The third-order valence-corrected chi connectivity index (χ3v) is 5.10. The van der Waals surface area contributed by atoms with Gasteiger partial charge < -0.3 is 5.73 Å². The van der Waals surface area contributed by atoms with Gasteiger partial charge in [0.15, 0.2) is 5.82 Å². The molecule has 0 spiro atoms. The molecule has 0 aliphatic carbocycles. The minimum absolute atomic E-state index is 0.0200. The van der Waals surface area contributed by atoms with Crippen molar-refractivity contribution in [3.8, 4) is 0 Å². The van der Waals surface area contributed by atoms with E-state index in [-0.39, 0.29) is 17.3 Å². The van der Waals surface area contributed by atoms with Crippen LogP contribution in [0.2, 0.25) is 0 Å². The summed E-state index contributed by atoms with van der Waals surface area (Å²) < 4.78 is 27.9. The number of aromatic nitrogens is 3. The highest BCUT2D eigenvalue weighted by molar-refractivity contribution is 7.89. The van der Waals surface area contributed by atoms with E-state index in [2.05, 4.69) is 10.1 Å². The zero-order valence-electron chi connectivity index (χ0n) is 11.6. The Hall–Kier alpha value is -1.93. The maximum Gasteiger partial charge on any atom is 0.248 e. The molecule has 0 unspecified atom stereocenters. The SMILES string of the molecule is Cc1c(S(=O)(=O)N(C)Cc2ccncc2)c(N)nn1C. The van der Waals surface area contributed by atoms with Gasteiger partial charge in [-0.3, -0.25) is 9.67 Å². The molecule has 7 nitrogen and oxygen atoms in total. The van der Waals surface area contributed by atoms with E-state index in [1.165, 1.54) is 16.0 Å². The summed E-state index contributed by atoms with van der Waals surface area (Å²) in [7, 11) is -0.497. The van der Waals surface area contributed by atoms with Crippen molar-refractivity contribution in [1.82, 2.24) is 19.1 Å². The minimum atomic E-state index is -3.67. The molecule has 2 heterocycles. The van der Waals surface area contributed by atoms with Crippen molar-refractivity contribution in [2.24, 2.45) is 7.05 Å². The van der Waals surface area contributed by atoms with Gasteiger partial charge in [-0.15, -0.1) is 0 Å². The van der Waals surface area contributed by atoms with Crippen LogP contribution in [0.3, 0.4) is 0 Å². The summed E-state index contributed by atoms with van der Waals surface area (Å²) in [6, 6.07) is 3.54. The molecule has 20 heavy (non-hydrogen) atoms. The maximum atomic E-state index is 12.6.